The molecule has 0 aromatic heterocycles. The Morgan fingerprint density at radius 1 is 0.955 bits per heavy atom. The van der Waals surface area contributed by atoms with Gasteiger partial charge in [-0.05, 0) is 37.1 Å². The van der Waals surface area contributed by atoms with E-state index < -0.39 is 0 Å². The normalized spacial score (nSPS) is 9.14. The van der Waals surface area contributed by atoms with Crippen molar-refractivity contribution in [2.45, 2.75) is 6.92 Å². The first-order chi connectivity index (χ1) is 10.7. The van der Waals surface area contributed by atoms with Crippen molar-refractivity contribution >= 4 is 5.78 Å². The van der Waals surface area contributed by atoms with Crippen LogP contribution in [0.25, 0.3) is 0 Å². The monoisotopic (exact) mass is 288 g/mol. The predicted octanol–water partition coefficient (Wildman–Crippen LogP) is 2.98. The van der Waals surface area contributed by atoms with Gasteiger partial charge in [0.05, 0.1) is 0 Å². The maximum Gasteiger partial charge on any atom is 0.231 e. The summed E-state index contributed by atoms with van der Waals surface area (Å²) in [4.78, 5) is 11.6. The fourth-order valence-electron chi connectivity index (χ4n) is 1.67. The Kier molecular flexibility index (Phi) is 6.00. The highest BCUT2D eigenvalue weighted by atomic mass is 16.5. The van der Waals surface area contributed by atoms with E-state index in [0.717, 1.165) is 16.7 Å². The van der Waals surface area contributed by atoms with Crippen molar-refractivity contribution in [2.75, 3.05) is 13.2 Å². The van der Waals surface area contributed by atoms with Crippen molar-refractivity contribution in [2.24, 2.45) is 0 Å². The summed E-state index contributed by atoms with van der Waals surface area (Å²) in [5.41, 5.74) is 2.91. The molecule has 0 unspecified atom stereocenters. The van der Waals surface area contributed by atoms with Gasteiger partial charge in [-0.1, -0.05) is 53.7 Å². The summed E-state index contributed by atoms with van der Waals surface area (Å²) >= 11 is 0. The van der Waals surface area contributed by atoms with Crippen molar-refractivity contribution in [1.82, 2.24) is 0 Å². The van der Waals surface area contributed by atoms with Gasteiger partial charge in [-0.25, -0.2) is 0 Å². The number of carbonyl (C=O) groups excluding carboxylic acids is 1. The van der Waals surface area contributed by atoms with Gasteiger partial charge in [-0.2, -0.15) is 0 Å². The number of rotatable bonds is 3. The first-order valence-corrected chi connectivity index (χ1v) is 6.97. The molecule has 0 spiro atoms. The topological polar surface area (TPSA) is 26.3 Å². The van der Waals surface area contributed by atoms with E-state index in [2.05, 4.69) is 23.7 Å². The molecule has 2 rings (SSSR count). The molecule has 0 heterocycles. The summed E-state index contributed by atoms with van der Waals surface area (Å²) in [7, 11) is 0. The largest absolute Gasteiger partial charge is 0.360 e. The molecule has 0 aliphatic carbocycles. The molecule has 108 valence electrons. The van der Waals surface area contributed by atoms with Crippen molar-refractivity contribution in [3.05, 3.63) is 71.3 Å². The highest BCUT2D eigenvalue weighted by molar-refractivity contribution is 5.97. The summed E-state index contributed by atoms with van der Waals surface area (Å²) in [5, 5.41) is 0. The zero-order valence-electron chi connectivity index (χ0n) is 12.4. The quantitative estimate of drug-likeness (QED) is 0.641. The Labute approximate surface area is 131 Å². The van der Waals surface area contributed by atoms with E-state index in [-0.39, 0.29) is 19.0 Å². The summed E-state index contributed by atoms with van der Waals surface area (Å²) < 4.78 is 5.20. The first kappa shape index (κ1) is 15.6. The van der Waals surface area contributed by atoms with Crippen LogP contribution in [0.5, 0.6) is 0 Å². The maximum atomic E-state index is 11.6. The lowest BCUT2D eigenvalue weighted by molar-refractivity contribution is -0.117. The van der Waals surface area contributed by atoms with Crippen molar-refractivity contribution in [3.63, 3.8) is 0 Å². The van der Waals surface area contributed by atoms with Gasteiger partial charge in [0.25, 0.3) is 0 Å². The predicted molar refractivity (Wildman–Crippen MR) is 87.2 cm³/mol. The SMILES string of the molecule is Cc1ccc(C#CC(=O)COCC#Cc2ccccc2)cc1. The number of hydrogen-bond donors (Lipinski definition) is 0. The molecule has 2 nitrogen and oxygen atoms in total. The average molecular weight is 288 g/mol. The Hall–Kier alpha value is -2.81. The Morgan fingerprint density at radius 3 is 2.36 bits per heavy atom. The molecule has 0 bridgehead atoms. The number of carbonyl (C=O) groups is 1. The fraction of sp³-hybridized carbons (Fsp3) is 0.150. The number of ether oxygens (including phenoxy) is 1. The van der Waals surface area contributed by atoms with Gasteiger partial charge >= 0.3 is 0 Å². The molecule has 2 heteroatoms. The highest BCUT2D eigenvalue weighted by Crippen LogP contribution is 2.00. The van der Waals surface area contributed by atoms with Crippen LogP contribution in [0.1, 0.15) is 16.7 Å². The fourth-order valence-corrected chi connectivity index (χ4v) is 1.67. The van der Waals surface area contributed by atoms with Crippen LogP contribution in [0.4, 0.5) is 0 Å². The second-order valence-electron chi connectivity index (χ2n) is 4.70. The lowest BCUT2D eigenvalue weighted by atomic mass is 10.1. The van der Waals surface area contributed by atoms with Crippen molar-refractivity contribution < 1.29 is 9.53 Å². The molecule has 0 saturated carbocycles. The zero-order valence-corrected chi connectivity index (χ0v) is 12.4. The van der Waals surface area contributed by atoms with Gasteiger partial charge in [-0.15, -0.1) is 0 Å². The van der Waals surface area contributed by atoms with Crippen LogP contribution in [-0.2, 0) is 9.53 Å². The summed E-state index contributed by atoms with van der Waals surface area (Å²) in [6.07, 6.45) is 0. The Balaban J connectivity index is 1.75. The van der Waals surface area contributed by atoms with Gasteiger partial charge in [-0.3, -0.25) is 4.79 Å². The van der Waals surface area contributed by atoms with E-state index in [9.17, 15) is 4.79 Å². The average Bonchev–Trinajstić information content (AvgIpc) is 2.55. The summed E-state index contributed by atoms with van der Waals surface area (Å²) in [6, 6.07) is 17.3. The van der Waals surface area contributed by atoms with Gasteiger partial charge in [0.2, 0.25) is 5.78 Å². The van der Waals surface area contributed by atoms with Gasteiger partial charge in [0, 0.05) is 11.1 Å². The Bertz CT molecular complexity index is 736. The van der Waals surface area contributed by atoms with E-state index in [0.29, 0.717) is 0 Å². The van der Waals surface area contributed by atoms with Gasteiger partial charge < -0.3 is 4.74 Å². The second-order valence-corrected chi connectivity index (χ2v) is 4.70. The van der Waals surface area contributed by atoms with E-state index in [1.165, 1.54) is 0 Å². The van der Waals surface area contributed by atoms with Crippen LogP contribution in [0.2, 0.25) is 0 Å². The molecule has 0 saturated heterocycles. The minimum absolute atomic E-state index is 0.0394. The molecule has 0 fully saturated rings. The number of aryl methyl sites for hydroxylation is 1. The zero-order chi connectivity index (χ0) is 15.6. The highest BCUT2D eigenvalue weighted by Gasteiger charge is 1.95. The van der Waals surface area contributed by atoms with E-state index in [1.807, 2.05) is 61.5 Å². The van der Waals surface area contributed by atoms with Crippen LogP contribution in [0.15, 0.2) is 54.6 Å². The van der Waals surface area contributed by atoms with Crippen LogP contribution >= 0.6 is 0 Å². The molecule has 0 amide bonds. The molecular formula is C20H16O2. The second kappa shape index (κ2) is 8.47. The summed E-state index contributed by atoms with van der Waals surface area (Å²) in [6.45, 7) is 2.18. The van der Waals surface area contributed by atoms with Crippen LogP contribution in [0.3, 0.4) is 0 Å². The molecule has 0 aliphatic rings. The van der Waals surface area contributed by atoms with E-state index in [1.54, 1.807) is 0 Å². The van der Waals surface area contributed by atoms with E-state index in [4.69, 9.17) is 4.74 Å². The molecule has 2 aromatic rings. The smallest absolute Gasteiger partial charge is 0.231 e. The standard InChI is InChI=1S/C20H16O2/c1-17-9-11-19(12-10-17)13-14-20(21)16-22-15-5-8-18-6-3-2-4-7-18/h2-4,6-7,9-12H,15-16H2,1H3. The number of benzene rings is 2. The Morgan fingerprint density at radius 2 is 1.64 bits per heavy atom. The van der Waals surface area contributed by atoms with Crippen molar-refractivity contribution in [3.8, 4) is 23.7 Å². The third-order valence-electron chi connectivity index (χ3n) is 2.81. The minimum Gasteiger partial charge on any atom is -0.360 e. The number of ketones is 1. The molecule has 2 aromatic carbocycles. The molecule has 22 heavy (non-hydrogen) atoms. The van der Waals surface area contributed by atoms with Gasteiger partial charge in [0.1, 0.15) is 13.2 Å². The first-order valence-electron chi connectivity index (χ1n) is 6.97. The molecule has 0 radical (unpaired) electrons. The molecular weight excluding hydrogens is 272 g/mol. The van der Waals surface area contributed by atoms with Gasteiger partial charge in [0.15, 0.2) is 0 Å². The molecule has 0 N–H and O–H groups in total. The maximum absolute atomic E-state index is 11.6. The van der Waals surface area contributed by atoms with Crippen LogP contribution < -0.4 is 0 Å². The summed E-state index contributed by atoms with van der Waals surface area (Å²) in [5.74, 6) is 11.0. The lowest BCUT2D eigenvalue weighted by Crippen LogP contribution is -2.06. The third-order valence-corrected chi connectivity index (χ3v) is 2.81. The minimum atomic E-state index is -0.248. The van der Waals surface area contributed by atoms with Crippen molar-refractivity contribution in [1.29, 1.82) is 0 Å². The number of hydrogen-bond acceptors (Lipinski definition) is 2. The molecule has 0 aliphatic heterocycles. The molecule has 0 atom stereocenters. The van der Waals surface area contributed by atoms with Crippen LogP contribution in [-0.4, -0.2) is 19.0 Å². The van der Waals surface area contributed by atoms with Crippen LogP contribution in [0, 0.1) is 30.6 Å². The number of Topliss-reactive ketones (excluding diaryl/α,β-unsaturated/α-hetero) is 1. The third kappa shape index (κ3) is 5.67. The lowest BCUT2D eigenvalue weighted by Gasteiger charge is -1.94. The van der Waals surface area contributed by atoms with E-state index >= 15 is 0 Å².